The summed E-state index contributed by atoms with van der Waals surface area (Å²) >= 11 is 1.70. The van der Waals surface area contributed by atoms with Crippen LogP contribution >= 0.6 is 11.3 Å². The van der Waals surface area contributed by atoms with E-state index in [4.69, 9.17) is 0 Å². The molecule has 4 heteroatoms. The highest BCUT2D eigenvalue weighted by Crippen LogP contribution is 2.26. The molecule has 1 unspecified atom stereocenters. The summed E-state index contributed by atoms with van der Waals surface area (Å²) in [7, 11) is 0. The van der Waals surface area contributed by atoms with E-state index >= 15 is 0 Å². The SMILES string of the molecule is CCC(=O)Nc1ccc(C)c(NC(C)c2ccsc2)c1. The largest absolute Gasteiger partial charge is 0.378 e. The van der Waals surface area contributed by atoms with Crippen molar-refractivity contribution in [3.8, 4) is 0 Å². The maximum Gasteiger partial charge on any atom is 0.224 e. The van der Waals surface area contributed by atoms with E-state index in [0.717, 1.165) is 11.4 Å². The summed E-state index contributed by atoms with van der Waals surface area (Å²) in [5, 5.41) is 10.6. The molecule has 1 heterocycles. The Labute approximate surface area is 124 Å². The molecule has 0 aliphatic rings. The highest BCUT2D eigenvalue weighted by molar-refractivity contribution is 7.07. The van der Waals surface area contributed by atoms with Crippen molar-refractivity contribution in [2.45, 2.75) is 33.2 Å². The zero-order valence-electron chi connectivity index (χ0n) is 12.1. The number of hydrogen-bond donors (Lipinski definition) is 2. The van der Waals surface area contributed by atoms with Gasteiger partial charge >= 0.3 is 0 Å². The van der Waals surface area contributed by atoms with Gasteiger partial charge in [0.15, 0.2) is 0 Å². The molecule has 0 radical (unpaired) electrons. The van der Waals surface area contributed by atoms with Crippen LogP contribution in [0.25, 0.3) is 0 Å². The lowest BCUT2D eigenvalue weighted by molar-refractivity contribution is -0.115. The number of anilines is 2. The minimum atomic E-state index is 0.0330. The third-order valence-electron chi connectivity index (χ3n) is 3.26. The predicted molar refractivity (Wildman–Crippen MR) is 86.5 cm³/mol. The summed E-state index contributed by atoms with van der Waals surface area (Å²) in [6, 6.07) is 8.32. The van der Waals surface area contributed by atoms with Gasteiger partial charge in [-0.05, 0) is 53.9 Å². The molecule has 1 atom stereocenters. The summed E-state index contributed by atoms with van der Waals surface area (Å²) in [6.45, 7) is 6.05. The molecule has 0 saturated carbocycles. The van der Waals surface area contributed by atoms with Crippen LogP contribution in [0, 0.1) is 6.92 Å². The summed E-state index contributed by atoms with van der Waals surface area (Å²) in [5.41, 5.74) is 4.33. The van der Waals surface area contributed by atoms with Crippen molar-refractivity contribution in [1.82, 2.24) is 0 Å². The fourth-order valence-corrected chi connectivity index (χ4v) is 2.70. The molecule has 0 fully saturated rings. The van der Waals surface area contributed by atoms with Gasteiger partial charge in [-0.3, -0.25) is 4.79 Å². The zero-order valence-corrected chi connectivity index (χ0v) is 12.9. The summed E-state index contributed by atoms with van der Waals surface area (Å²) < 4.78 is 0. The maximum absolute atomic E-state index is 11.5. The first kappa shape index (κ1) is 14.6. The molecule has 1 amide bonds. The molecule has 2 aromatic rings. The highest BCUT2D eigenvalue weighted by atomic mass is 32.1. The number of nitrogens with one attached hydrogen (secondary N) is 2. The first-order valence-corrected chi connectivity index (χ1v) is 7.73. The molecular formula is C16H20N2OS. The Morgan fingerprint density at radius 1 is 1.35 bits per heavy atom. The lowest BCUT2D eigenvalue weighted by Gasteiger charge is -2.17. The second-order valence-corrected chi connectivity index (χ2v) is 5.63. The van der Waals surface area contributed by atoms with Gasteiger partial charge in [0.25, 0.3) is 0 Å². The number of hydrogen-bond acceptors (Lipinski definition) is 3. The van der Waals surface area contributed by atoms with E-state index in [0.29, 0.717) is 6.42 Å². The van der Waals surface area contributed by atoms with Crippen LogP contribution in [-0.2, 0) is 4.79 Å². The third kappa shape index (κ3) is 3.61. The minimum Gasteiger partial charge on any atom is -0.378 e. The van der Waals surface area contributed by atoms with Gasteiger partial charge in [-0.1, -0.05) is 13.0 Å². The Morgan fingerprint density at radius 2 is 2.15 bits per heavy atom. The van der Waals surface area contributed by atoms with E-state index in [-0.39, 0.29) is 11.9 Å². The molecule has 2 rings (SSSR count). The van der Waals surface area contributed by atoms with Gasteiger partial charge < -0.3 is 10.6 Å². The topological polar surface area (TPSA) is 41.1 Å². The summed E-state index contributed by atoms with van der Waals surface area (Å²) in [5.74, 6) is 0.0330. The Balaban J connectivity index is 2.14. The predicted octanol–water partition coefficient (Wildman–Crippen LogP) is 4.58. The minimum absolute atomic E-state index is 0.0330. The van der Waals surface area contributed by atoms with E-state index in [2.05, 4.69) is 41.3 Å². The Bertz CT molecular complexity index is 578. The van der Waals surface area contributed by atoms with Crippen molar-refractivity contribution in [3.05, 3.63) is 46.2 Å². The second-order valence-electron chi connectivity index (χ2n) is 4.85. The van der Waals surface area contributed by atoms with Gasteiger partial charge in [-0.25, -0.2) is 0 Å². The van der Waals surface area contributed by atoms with Gasteiger partial charge in [0, 0.05) is 23.8 Å². The van der Waals surface area contributed by atoms with Crippen LogP contribution in [0.1, 0.15) is 37.4 Å². The number of benzene rings is 1. The number of aryl methyl sites for hydroxylation is 1. The fraction of sp³-hybridized carbons (Fsp3) is 0.312. The van der Waals surface area contributed by atoms with Crippen molar-refractivity contribution in [1.29, 1.82) is 0 Å². The first-order valence-electron chi connectivity index (χ1n) is 6.79. The number of carbonyl (C=O) groups is 1. The van der Waals surface area contributed by atoms with Crippen LogP contribution in [-0.4, -0.2) is 5.91 Å². The van der Waals surface area contributed by atoms with Gasteiger partial charge in [-0.15, -0.1) is 0 Å². The molecular weight excluding hydrogens is 268 g/mol. The van der Waals surface area contributed by atoms with Gasteiger partial charge in [-0.2, -0.15) is 11.3 Å². The van der Waals surface area contributed by atoms with E-state index in [9.17, 15) is 4.79 Å². The summed E-state index contributed by atoms with van der Waals surface area (Å²) in [4.78, 5) is 11.5. The van der Waals surface area contributed by atoms with E-state index in [1.165, 1.54) is 11.1 Å². The van der Waals surface area contributed by atoms with Crippen LogP contribution < -0.4 is 10.6 Å². The second kappa shape index (κ2) is 6.57. The van der Waals surface area contributed by atoms with Crippen molar-refractivity contribution in [2.24, 2.45) is 0 Å². The van der Waals surface area contributed by atoms with Crippen LogP contribution in [0.2, 0.25) is 0 Å². The molecule has 1 aromatic heterocycles. The molecule has 0 saturated heterocycles. The number of amides is 1. The molecule has 0 aliphatic heterocycles. The average Bonchev–Trinajstić information content (AvgIpc) is 2.96. The van der Waals surface area contributed by atoms with Crippen LogP contribution in [0.4, 0.5) is 11.4 Å². The lowest BCUT2D eigenvalue weighted by atomic mass is 10.1. The van der Waals surface area contributed by atoms with E-state index < -0.39 is 0 Å². The fourth-order valence-electron chi connectivity index (χ4n) is 1.94. The smallest absolute Gasteiger partial charge is 0.224 e. The quantitative estimate of drug-likeness (QED) is 0.845. The number of rotatable bonds is 5. The molecule has 106 valence electrons. The number of thiophene rings is 1. The van der Waals surface area contributed by atoms with Crippen molar-refractivity contribution < 1.29 is 4.79 Å². The molecule has 0 bridgehead atoms. The van der Waals surface area contributed by atoms with Gasteiger partial charge in [0.05, 0.1) is 0 Å². The third-order valence-corrected chi connectivity index (χ3v) is 3.96. The molecule has 1 aromatic carbocycles. The summed E-state index contributed by atoms with van der Waals surface area (Å²) in [6.07, 6.45) is 0.488. The average molecular weight is 288 g/mol. The van der Waals surface area contributed by atoms with Gasteiger partial charge in [0.2, 0.25) is 5.91 Å². The van der Waals surface area contributed by atoms with Crippen LogP contribution in [0.5, 0.6) is 0 Å². The number of carbonyl (C=O) groups excluding carboxylic acids is 1. The van der Waals surface area contributed by atoms with Crippen LogP contribution in [0.3, 0.4) is 0 Å². The zero-order chi connectivity index (χ0) is 14.5. The Hall–Kier alpha value is -1.81. The van der Waals surface area contributed by atoms with E-state index in [1.807, 2.05) is 25.1 Å². The normalized spacial score (nSPS) is 11.9. The first-order chi connectivity index (χ1) is 9.60. The molecule has 2 N–H and O–H groups in total. The standard InChI is InChI=1S/C16H20N2OS/c1-4-16(19)18-14-6-5-11(2)15(9-14)17-12(3)13-7-8-20-10-13/h5-10,12,17H,4H2,1-3H3,(H,18,19). The van der Waals surface area contributed by atoms with Crippen LogP contribution in [0.15, 0.2) is 35.0 Å². The van der Waals surface area contributed by atoms with E-state index in [1.54, 1.807) is 11.3 Å². The maximum atomic E-state index is 11.5. The molecule has 20 heavy (non-hydrogen) atoms. The lowest BCUT2D eigenvalue weighted by Crippen LogP contribution is -2.11. The highest BCUT2D eigenvalue weighted by Gasteiger charge is 2.08. The van der Waals surface area contributed by atoms with Gasteiger partial charge in [0.1, 0.15) is 0 Å². The molecule has 0 aliphatic carbocycles. The van der Waals surface area contributed by atoms with Crippen molar-refractivity contribution in [2.75, 3.05) is 10.6 Å². The Kier molecular flexibility index (Phi) is 4.79. The molecule has 0 spiro atoms. The Morgan fingerprint density at radius 3 is 2.80 bits per heavy atom. The monoisotopic (exact) mass is 288 g/mol. The molecule has 3 nitrogen and oxygen atoms in total. The van der Waals surface area contributed by atoms with Crippen molar-refractivity contribution in [3.63, 3.8) is 0 Å². The van der Waals surface area contributed by atoms with Crippen molar-refractivity contribution >= 4 is 28.6 Å².